The second kappa shape index (κ2) is 11.8. The number of rotatable bonds is 11. The van der Waals surface area contributed by atoms with Crippen molar-refractivity contribution < 1.29 is 25.2 Å². The minimum absolute atomic E-state index is 0.0942. The molecule has 0 aromatic heterocycles. The van der Waals surface area contributed by atoms with Crippen LogP contribution in [0.2, 0.25) is 0 Å². The van der Waals surface area contributed by atoms with Crippen LogP contribution in [0.3, 0.4) is 0 Å². The first kappa shape index (κ1) is 22.3. The molecule has 5 heteroatoms. The van der Waals surface area contributed by atoms with Crippen LogP contribution in [0.1, 0.15) is 44.1 Å². The molecule has 4 N–H and O–H groups in total. The Morgan fingerprint density at radius 3 is 2.61 bits per heavy atom. The zero-order valence-electron chi connectivity index (χ0n) is 16.2. The van der Waals surface area contributed by atoms with Crippen LogP contribution in [0.4, 0.5) is 0 Å². The SMILES string of the molecule is O=C(O)CCCC=CCC1C(O)CC(O)C1C=CC(O)CCc1ccccc1. The monoisotopic (exact) mass is 388 g/mol. The van der Waals surface area contributed by atoms with E-state index in [0.717, 1.165) is 6.42 Å². The van der Waals surface area contributed by atoms with Crippen LogP contribution >= 0.6 is 0 Å². The zero-order chi connectivity index (χ0) is 20.4. The second-order valence-corrected chi connectivity index (χ2v) is 7.58. The van der Waals surface area contributed by atoms with E-state index in [1.807, 2.05) is 48.6 Å². The maximum atomic E-state index is 10.5. The van der Waals surface area contributed by atoms with Crippen molar-refractivity contribution in [3.05, 3.63) is 60.2 Å². The first-order chi connectivity index (χ1) is 13.5. The molecule has 0 radical (unpaired) electrons. The van der Waals surface area contributed by atoms with Gasteiger partial charge in [0.15, 0.2) is 0 Å². The number of unbranched alkanes of at least 4 members (excludes halogenated alkanes) is 1. The summed E-state index contributed by atoms with van der Waals surface area (Å²) in [7, 11) is 0. The molecule has 154 valence electrons. The first-order valence-electron chi connectivity index (χ1n) is 10.1. The second-order valence-electron chi connectivity index (χ2n) is 7.58. The number of hydrogen-bond acceptors (Lipinski definition) is 4. The molecule has 0 spiro atoms. The van der Waals surface area contributed by atoms with E-state index < -0.39 is 24.3 Å². The summed E-state index contributed by atoms with van der Waals surface area (Å²) in [5.74, 6) is -1.08. The Balaban J connectivity index is 1.82. The highest BCUT2D eigenvalue weighted by molar-refractivity contribution is 5.66. The van der Waals surface area contributed by atoms with Crippen molar-refractivity contribution in [3.63, 3.8) is 0 Å². The molecule has 1 aromatic rings. The fraction of sp³-hybridized carbons (Fsp3) is 0.522. The molecule has 1 saturated carbocycles. The van der Waals surface area contributed by atoms with Crippen LogP contribution in [0.5, 0.6) is 0 Å². The summed E-state index contributed by atoms with van der Waals surface area (Å²) in [5.41, 5.74) is 1.18. The number of hydrogen-bond donors (Lipinski definition) is 4. The molecule has 5 atom stereocenters. The summed E-state index contributed by atoms with van der Waals surface area (Å²) in [6, 6.07) is 9.99. The van der Waals surface area contributed by atoms with Gasteiger partial charge < -0.3 is 20.4 Å². The fourth-order valence-electron chi connectivity index (χ4n) is 3.76. The standard InChI is InChI=1S/C23H32O5/c24-18(13-12-17-8-4-3-5-9-17)14-15-20-19(21(25)16-22(20)26)10-6-1-2-7-11-23(27)28/h1,3-6,8-9,14-15,18-22,24-26H,2,7,10-13,16H2,(H,27,28). The molecule has 0 aliphatic heterocycles. The van der Waals surface area contributed by atoms with Crippen molar-refractivity contribution in [3.8, 4) is 0 Å². The molecule has 0 saturated heterocycles. The number of carboxylic acids is 1. The van der Waals surface area contributed by atoms with Gasteiger partial charge in [0, 0.05) is 18.8 Å². The number of allylic oxidation sites excluding steroid dienone is 2. The van der Waals surface area contributed by atoms with Crippen molar-refractivity contribution in [2.75, 3.05) is 0 Å². The molecule has 2 rings (SSSR count). The maximum Gasteiger partial charge on any atom is 0.303 e. The van der Waals surface area contributed by atoms with Crippen LogP contribution in [0, 0.1) is 11.8 Å². The van der Waals surface area contributed by atoms with Gasteiger partial charge in [0.2, 0.25) is 0 Å². The minimum atomic E-state index is -0.793. The number of carbonyl (C=O) groups is 1. The van der Waals surface area contributed by atoms with Gasteiger partial charge in [-0.25, -0.2) is 0 Å². The van der Waals surface area contributed by atoms with Crippen molar-refractivity contribution >= 4 is 5.97 Å². The molecule has 1 aromatic carbocycles. The number of benzene rings is 1. The average molecular weight is 389 g/mol. The van der Waals surface area contributed by atoms with Gasteiger partial charge >= 0.3 is 5.97 Å². The van der Waals surface area contributed by atoms with E-state index in [2.05, 4.69) is 0 Å². The molecule has 5 unspecified atom stereocenters. The van der Waals surface area contributed by atoms with Crippen molar-refractivity contribution in [1.82, 2.24) is 0 Å². The third-order valence-corrected chi connectivity index (χ3v) is 5.38. The van der Waals surface area contributed by atoms with E-state index in [4.69, 9.17) is 5.11 Å². The summed E-state index contributed by atoms with van der Waals surface area (Å²) in [6.07, 6.45) is 9.51. The highest BCUT2D eigenvalue weighted by Gasteiger charge is 2.39. The third kappa shape index (κ3) is 7.58. The summed E-state index contributed by atoms with van der Waals surface area (Å²) in [4.78, 5) is 10.5. The number of aliphatic carboxylic acids is 1. The summed E-state index contributed by atoms with van der Waals surface area (Å²) in [6.45, 7) is 0. The molecular weight excluding hydrogens is 356 g/mol. The van der Waals surface area contributed by atoms with Crippen LogP contribution in [-0.2, 0) is 11.2 Å². The summed E-state index contributed by atoms with van der Waals surface area (Å²) in [5, 5.41) is 39.4. The van der Waals surface area contributed by atoms with E-state index in [-0.39, 0.29) is 18.3 Å². The van der Waals surface area contributed by atoms with E-state index in [0.29, 0.717) is 32.1 Å². The Morgan fingerprint density at radius 1 is 1.14 bits per heavy atom. The van der Waals surface area contributed by atoms with Crippen LogP contribution in [0.25, 0.3) is 0 Å². The largest absolute Gasteiger partial charge is 0.481 e. The minimum Gasteiger partial charge on any atom is -0.481 e. The molecule has 0 bridgehead atoms. The predicted molar refractivity (Wildman–Crippen MR) is 109 cm³/mol. The lowest BCUT2D eigenvalue weighted by Crippen LogP contribution is -2.20. The molecule has 0 heterocycles. The molecular formula is C23H32O5. The van der Waals surface area contributed by atoms with Crippen molar-refractivity contribution in [1.29, 1.82) is 0 Å². The number of aliphatic hydroxyl groups is 3. The topological polar surface area (TPSA) is 98.0 Å². The van der Waals surface area contributed by atoms with Crippen LogP contribution in [-0.4, -0.2) is 44.7 Å². The average Bonchev–Trinajstić information content (AvgIpc) is 2.94. The quantitative estimate of drug-likeness (QED) is 0.345. The van der Waals surface area contributed by atoms with Crippen LogP contribution < -0.4 is 0 Å². The highest BCUT2D eigenvalue weighted by atomic mass is 16.4. The van der Waals surface area contributed by atoms with Crippen molar-refractivity contribution in [2.45, 2.75) is 63.3 Å². The molecule has 1 fully saturated rings. The van der Waals surface area contributed by atoms with E-state index >= 15 is 0 Å². The molecule has 5 nitrogen and oxygen atoms in total. The first-order valence-corrected chi connectivity index (χ1v) is 10.1. The summed E-state index contributed by atoms with van der Waals surface area (Å²) >= 11 is 0. The lowest BCUT2D eigenvalue weighted by Gasteiger charge is -2.19. The van der Waals surface area contributed by atoms with E-state index in [1.165, 1.54) is 5.56 Å². The number of aryl methyl sites for hydroxylation is 1. The number of aliphatic hydroxyl groups excluding tert-OH is 3. The van der Waals surface area contributed by atoms with Gasteiger partial charge in [0.25, 0.3) is 0 Å². The lowest BCUT2D eigenvalue weighted by atomic mass is 9.89. The highest BCUT2D eigenvalue weighted by Crippen LogP contribution is 2.36. The van der Waals surface area contributed by atoms with Gasteiger partial charge in [-0.3, -0.25) is 4.79 Å². The molecule has 1 aliphatic rings. The smallest absolute Gasteiger partial charge is 0.303 e. The molecule has 0 amide bonds. The van der Waals surface area contributed by atoms with Gasteiger partial charge in [-0.05, 0) is 43.6 Å². The molecule has 28 heavy (non-hydrogen) atoms. The Morgan fingerprint density at radius 2 is 1.89 bits per heavy atom. The van der Waals surface area contributed by atoms with E-state index in [9.17, 15) is 20.1 Å². The van der Waals surface area contributed by atoms with Gasteiger partial charge in [-0.2, -0.15) is 0 Å². The Hall–Kier alpha value is -1.95. The van der Waals surface area contributed by atoms with Crippen LogP contribution in [0.15, 0.2) is 54.6 Å². The van der Waals surface area contributed by atoms with Gasteiger partial charge in [0.1, 0.15) is 0 Å². The Kier molecular flexibility index (Phi) is 9.41. The Bertz CT molecular complexity index is 640. The zero-order valence-corrected chi connectivity index (χ0v) is 16.2. The van der Waals surface area contributed by atoms with Gasteiger partial charge in [-0.15, -0.1) is 0 Å². The van der Waals surface area contributed by atoms with E-state index in [1.54, 1.807) is 6.08 Å². The van der Waals surface area contributed by atoms with Gasteiger partial charge in [-0.1, -0.05) is 54.6 Å². The van der Waals surface area contributed by atoms with Crippen molar-refractivity contribution in [2.24, 2.45) is 11.8 Å². The molecule has 1 aliphatic carbocycles. The lowest BCUT2D eigenvalue weighted by molar-refractivity contribution is -0.137. The normalized spacial score (nSPS) is 26.2. The predicted octanol–water partition coefficient (Wildman–Crippen LogP) is 3.10. The summed E-state index contributed by atoms with van der Waals surface area (Å²) < 4.78 is 0. The third-order valence-electron chi connectivity index (χ3n) is 5.38. The number of carboxylic acid groups (broad SMARTS) is 1. The Labute approximate surface area is 167 Å². The van der Waals surface area contributed by atoms with Gasteiger partial charge in [0.05, 0.1) is 18.3 Å². The fourth-order valence-corrected chi connectivity index (χ4v) is 3.76. The maximum absolute atomic E-state index is 10.5.